The van der Waals surface area contributed by atoms with Crippen molar-refractivity contribution in [3.8, 4) is 0 Å². The number of fused-ring (bicyclic) bond motifs is 1. The maximum absolute atomic E-state index is 12.5. The van der Waals surface area contributed by atoms with Crippen LogP contribution in [0, 0.1) is 10.1 Å². The molecule has 25 heavy (non-hydrogen) atoms. The molecule has 1 aliphatic carbocycles. The Balaban J connectivity index is 1.75. The lowest BCUT2D eigenvalue weighted by Crippen LogP contribution is -2.27. The standard InChI is InChI=1S/C19H19ClN2O3/c1-12(14-7-6-13-4-2-3-5-15(13)10-14)21-19(23)17-9-8-16(22(24)25)11-18(17)20/h6-12H,2-5H2,1H3,(H,21,23)/t12-/m0/s1. The van der Waals surface area contributed by atoms with Crippen molar-refractivity contribution >= 4 is 23.2 Å². The summed E-state index contributed by atoms with van der Waals surface area (Å²) < 4.78 is 0. The van der Waals surface area contributed by atoms with Crippen LogP contribution in [-0.2, 0) is 12.8 Å². The van der Waals surface area contributed by atoms with Crippen LogP contribution in [0.15, 0.2) is 36.4 Å². The zero-order valence-corrected chi connectivity index (χ0v) is 14.7. The summed E-state index contributed by atoms with van der Waals surface area (Å²) in [5.74, 6) is -0.342. The highest BCUT2D eigenvalue weighted by Gasteiger charge is 2.18. The van der Waals surface area contributed by atoms with E-state index >= 15 is 0 Å². The Morgan fingerprint density at radius 3 is 2.56 bits per heavy atom. The third kappa shape index (κ3) is 3.82. The average Bonchev–Trinajstić information content (AvgIpc) is 2.60. The molecule has 0 aromatic heterocycles. The van der Waals surface area contributed by atoms with Gasteiger partial charge in [-0.2, -0.15) is 0 Å². The van der Waals surface area contributed by atoms with E-state index in [1.54, 1.807) is 0 Å². The van der Waals surface area contributed by atoms with E-state index in [1.165, 1.54) is 42.2 Å². The number of halogens is 1. The molecule has 0 saturated heterocycles. The van der Waals surface area contributed by atoms with Gasteiger partial charge in [0.2, 0.25) is 0 Å². The first kappa shape index (κ1) is 17.4. The number of benzene rings is 2. The molecule has 1 amide bonds. The monoisotopic (exact) mass is 358 g/mol. The smallest absolute Gasteiger partial charge is 0.270 e. The molecule has 2 aromatic rings. The first-order chi connectivity index (χ1) is 12.0. The summed E-state index contributed by atoms with van der Waals surface area (Å²) in [5.41, 5.74) is 3.90. The van der Waals surface area contributed by atoms with Crippen LogP contribution in [0.1, 0.15) is 52.9 Å². The molecule has 0 spiro atoms. The second-order valence-electron chi connectivity index (χ2n) is 6.35. The summed E-state index contributed by atoms with van der Waals surface area (Å²) >= 11 is 6.03. The molecule has 6 heteroatoms. The number of carbonyl (C=O) groups is 1. The first-order valence-corrected chi connectivity index (χ1v) is 8.70. The van der Waals surface area contributed by atoms with Crippen molar-refractivity contribution in [1.29, 1.82) is 0 Å². The normalized spacial score (nSPS) is 14.5. The van der Waals surface area contributed by atoms with Crippen LogP contribution in [0.2, 0.25) is 5.02 Å². The lowest BCUT2D eigenvalue weighted by atomic mass is 9.89. The van der Waals surface area contributed by atoms with Gasteiger partial charge in [-0.1, -0.05) is 29.8 Å². The van der Waals surface area contributed by atoms with Crippen molar-refractivity contribution in [1.82, 2.24) is 5.32 Å². The summed E-state index contributed by atoms with van der Waals surface area (Å²) in [5, 5.41) is 13.7. The number of nitro benzene ring substituents is 1. The number of aryl methyl sites for hydroxylation is 2. The Bertz CT molecular complexity index is 835. The van der Waals surface area contributed by atoms with Crippen molar-refractivity contribution in [3.63, 3.8) is 0 Å². The molecule has 3 rings (SSSR count). The molecule has 2 aromatic carbocycles. The number of nitro groups is 1. The number of amides is 1. The number of hydrogen-bond donors (Lipinski definition) is 1. The molecule has 0 radical (unpaired) electrons. The van der Waals surface area contributed by atoms with E-state index in [0.717, 1.165) is 18.4 Å². The maximum Gasteiger partial charge on any atom is 0.270 e. The summed E-state index contributed by atoms with van der Waals surface area (Å²) in [6, 6.07) is 10.0. The molecule has 0 saturated carbocycles. The maximum atomic E-state index is 12.5. The minimum absolute atomic E-state index is 0.0735. The highest BCUT2D eigenvalue weighted by molar-refractivity contribution is 6.34. The van der Waals surface area contributed by atoms with Gasteiger partial charge in [0.05, 0.1) is 21.6 Å². The second kappa shape index (κ2) is 7.23. The fourth-order valence-electron chi connectivity index (χ4n) is 3.18. The van der Waals surface area contributed by atoms with Crippen LogP contribution in [0.3, 0.4) is 0 Å². The number of carbonyl (C=O) groups excluding carboxylic acids is 1. The van der Waals surface area contributed by atoms with Crippen LogP contribution in [0.5, 0.6) is 0 Å². The van der Waals surface area contributed by atoms with Gasteiger partial charge in [0, 0.05) is 12.1 Å². The fraction of sp³-hybridized carbons (Fsp3) is 0.316. The summed E-state index contributed by atoms with van der Waals surface area (Å²) in [7, 11) is 0. The first-order valence-electron chi connectivity index (χ1n) is 8.32. The molecule has 0 aliphatic heterocycles. The van der Waals surface area contributed by atoms with Crippen LogP contribution >= 0.6 is 11.6 Å². The van der Waals surface area contributed by atoms with E-state index in [4.69, 9.17) is 11.6 Å². The minimum Gasteiger partial charge on any atom is -0.345 e. The fourth-order valence-corrected chi connectivity index (χ4v) is 3.44. The number of nitrogens with zero attached hydrogens (tertiary/aromatic N) is 1. The van der Waals surface area contributed by atoms with Crippen molar-refractivity contribution in [2.45, 2.75) is 38.6 Å². The van der Waals surface area contributed by atoms with Crippen molar-refractivity contribution in [3.05, 3.63) is 73.8 Å². The van der Waals surface area contributed by atoms with Gasteiger partial charge in [-0.3, -0.25) is 14.9 Å². The molecule has 5 nitrogen and oxygen atoms in total. The van der Waals surface area contributed by atoms with Gasteiger partial charge in [-0.25, -0.2) is 0 Å². The zero-order valence-electron chi connectivity index (χ0n) is 13.9. The molecule has 0 heterocycles. The summed E-state index contributed by atoms with van der Waals surface area (Å²) in [4.78, 5) is 22.7. The number of non-ortho nitro benzene ring substituents is 1. The highest BCUT2D eigenvalue weighted by Crippen LogP contribution is 2.26. The predicted molar refractivity (Wildman–Crippen MR) is 97.1 cm³/mol. The van der Waals surface area contributed by atoms with Crippen LogP contribution in [0.4, 0.5) is 5.69 Å². The molecule has 0 bridgehead atoms. The van der Waals surface area contributed by atoms with E-state index in [2.05, 4.69) is 17.4 Å². The third-order valence-corrected chi connectivity index (χ3v) is 4.94. The Kier molecular flexibility index (Phi) is 5.04. The number of hydrogen-bond acceptors (Lipinski definition) is 3. The lowest BCUT2D eigenvalue weighted by Gasteiger charge is -2.20. The molecule has 0 unspecified atom stereocenters. The molecule has 1 aliphatic rings. The SMILES string of the molecule is C[C@H](NC(=O)c1ccc([N+](=O)[O-])cc1Cl)c1ccc2c(c1)CCCC2. The van der Waals surface area contributed by atoms with Crippen molar-refractivity contribution in [2.24, 2.45) is 0 Å². The molecule has 130 valence electrons. The molecule has 0 fully saturated rings. The molecule has 1 atom stereocenters. The van der Waals surface area contributed by atoms with E-state index in [-0.39, 0.29) is 28.2 Å². The van der Waals surface area contributed by atoms with E-state index in [0.29, 0.717) is 0 Å². The van der Waals surface area contributed by atoms with Crippen LogP contribution in [-0.4, -0.2) is 10.8 Å². The van der Waals surface area contributed by atoms with E-state index < -0.39 is 4.92 Å². The number of nitrogens with one attached hydrogen (secondary N) is 1. The van der Waals surface area contributed by atoms with Gasteiger partial charge >= 0.3 is 0 Å². The third-order valence-electron chi connectivity index (χ3n) is 4.63. The molecule has 1 N–H and O–H groups in total. The van der Waals surface area contributed by atoms with Gasteiger partial charge < -0.3 is 5.32 Å². The summed E-state index contributed by atoms with van der Waals surface area (Å²) in [6.45, 7) is 1.92. The van der Waals surface area contributed by atoms with E-state index in [1.807, 2.05) is 13.0 Å². The van der Waals surface area contributed by atoms with Crippen LogP contribution in [0.25, 0.3) is 0 Å². The highest BCUT2D eigenvalue weighted by atomic mass is 35.5. The number of rotatable bonds is 4. The Hall–Kier alpha value is -2.40. The average molecular weight is 359 g/mol. The van der Waals surface area contributed by atoms with Crippen molar-refractivity contribution in [2.75, 3.05) is 0 Å². The largest absolute Gasteiger partial charge is 0.345 e. The Morgan fingerprint density at radius 2 is 1.88 bits per heavy atom. The van der Waals surface area contributed by atoms with Gasteiger partial charge in [0.1, 0.15) is 0 Å². The van der Waals surface area contributed by atoms with Gasteiger partial charge in [-0.05, 0) is 55.4 Å². The Morgan fingerprint density at radius 1 is 1.16 bits per heavy atom. The minimum atomic E-state index is -0.538. The Labute approximate surface area is 151 Å². The van der Waals surface area contributed by atoms with Crippen LogP contribution < -0.4 is 5.32 Å². The summed E-state index contributed by atoms with van der Waals surface area (Å²) in [6.07, 6.45) is 4.64. The molecular formula is C19H19ClN2O3. The van der Waals surface area contributed by atoms with Gasteiger partial charge in [0.15, 0.2) is 0 Å². The van der Waals surface area contributed by atoms with Gasteiger partial charge in [0.25, 0.3) is 11.6 Å². The quantitative estimate of drug-likeness (QED) is 0.640. The second-order valence-corrected chi connectivity index (χ2v) is 6.76. The predicted octanol–water partition coefficient (Wildman–Crippen LogP) is 4.62. The van der Waals surface area contributed by atoms with Gasteiger partial charge in [-0.15, -0.1) is 0 Å². The van der Waals surface area contributed by atoms with E-state index in [9.17, 15) is 14.9 Å². The zero-order chi connectivity index (χ0) is 18.0. The lowest BCUT2D eigenvalue weighted by molar-refractivity contribution is -0.384. The molecular weight excluding hydrogens is 340 g/mol. The van der Waals surface area contributed by atoms with Crippen molar-refractivity contribution < 1.29 is 9.72 Å². The topological polar surface area (TPSA) is 72.2 Å².